The molecule has 0 saturated heterocycles. The molecule has 2 rings (SSSR count). The zero-order valence-electron chi connectivity index (χ0n) is 12.3. The van der Waals surface area contributed by atoms with Gasteiger partial charge in [0.05, 0.1) is 37.2 Å². The summed E-state index contributed by atoms with van der Waals surface area (Å²) in [5.41, 5.74) is 1.32. The van der Waals surface area contributed by atoms with Gasteiger partial charge in [0.15, 0.2) is 0 Å². The van der Waals surface area contributed by atoms with Gasteiger partial charge in [-0.05, 0) is 46.6 Å². The maximum atomic E-state index is 5.48. The third-order valence-electron chi connectivity index (χ3n) is 3.18. The molecule has 0 unspecified atom stereocenters. The molecule has 0 aromatic carbocycles. The van der Waals surface area contributed by atoms with E-state index in [9.17, 15) is 0 Å². The molecule has 0 aliphatic heterocycles. The van der Waals surface area contributed by atoms with E-state index in [0.29, 0.717) is 0 Å². The lowest BCUT2D eigenvalue weighted by atomic mass is 10.3. The molecule has 20 heavy (non-hydrogen) atoms. The second-order valence-electron chi connectivity index (χ2n) is 5.42. The van der Waals surface area contributed by atoms with Crippen molar-refractivity contribution < 1.29 is 9.32 Å². The predicted octanol–water partition coefficient (Wildman–Crippen LogP) is 2.56. The van der Waals surface area contributed by atoms with Gasteiger partial charge in [0.2, 0.25) is 0 Å². The van der Waals surface area contributed by atoms with E-state index in [1.54, 1.807) is 6.26 Å². The largest absolute Gasteiger partial charge is 0.468 e. The topological polar surface area (TPSA) is 20.8 Å². The fraction of sp³-hybridized carbons (Fsp3) is 0.467. The van der Waals surface area contributed by atoms with Gasteiger partial charge in [-0.1, -0.05) is 0 Å². The van der Waals surface area contributed by atoms with Gasteiger partial charge < -0.3 is 9.32 Å². The van der Waals surface area contributed by atoms with Crippen molar-refractivity contribution >= 4 is 27.3 Å². The van der Waals surface area contributed by atoms with Crippen LogP contribution >= 0.6 is 27.3 Å². The van der Waals surface area contributed by atoms with Crippen LogP contribution < -0.4 is 4.90 Å². The highest BCUT2D eigenvalue weighted by Gasteiger charge is 2.12. The van der Waals surface area contributed by atoms with E-state index in [0.717, 1.165) is 31.9 Å². The van der Waals surface area contributed by atoms with Crippen molar-refractivity contribution in [3.05, 3.63) is 44.4 Å². The molecule has 0 saturated carbocycles. The Morgan fingerprint density at radius 1 is 1.35 bits per heavy atom. The number of halogens is 1. The summed E-state index contributed by atoms with van der Waals surface area (Å²) < 4.78 is 6.72. The molecule has 2 aromatic heterocycles. The van der Waals surface area contributed by atoms with Crippen LogP contribution in [0.4, 0.5) is 0 Å². The summed E-state index contributed by atoms with van der Waals surface area (Å²) in [5.74, 6) is 1.03. The third kappa shape index (κ3) is 4.74. The van der Waals surface area contributed by atoms with Gasteiger partial charge in [-0.2, -0.15) is 0 Å². The van der Waals surface area contributed by atoms with Crippen molar-refractivity contribution in [3.8, 4) is 0 Å². The normalized spacial score (nSPS) is 11.7. The number of hydrogen-bond donors (Lipinski definition) is 1. The zero-order valence-corrected chi connectivity index (χ0v) is 14.7. The van der Waals surface area contributed by atoms with E-state index < -0.39 is 0 Å². The Bertz CT molecular complexity index is 502. The minimum absolute atomic E-state index is 0.870. The van der Waals surface area contributed by atoms with Crippen LogP contribution in [0.25, 0.3) is 0 Å². The van der Waals surface area contributed by atoms with Crippen molar-refractivity contribution in [2.24, 2.45) is 0 Å². The van der Waals surface area contributed by atoms with Gasteiger partial charge in [0, 0.05) is 18.0 Å². The molecule has 3 nitrogen and oxygen atoms in total. The van der Waals surface area contributed by atoms with Crippen LogP contribution in [-0.2, 0) is 13.1 Å². The third-order valence-corrected chi connectivity index (χ3v) is 5.30. The molecule has 5 heteroatoms. The fourth-order valence-electron chi connectivity index (χ4n) is 2.04. The molecule has 2 aromatic rings. The average Bonchev–Trinajstić information content (AvgIpc) is 2.98. The van der Waals surface area contributed by atoms with Gasteiger partial charge in [0.25, 0.3) is 0 Å². The molecular weight excluding hydrogens is 336 g/mol. The molecule has 0 amide bonds. The second kappa shape index (κ2) is 7.41. The van der Waals surface area contributed by atoms with Gasteiger partial charge in [-0.15, -0.1) is 11.3 Å². The zero-order chi connectivity index (χ0) is 14.5. The van der Waals surface area contributed by atoms with Crippen LogP contribution in [0.1, 0.15) is 16.2 Å². The van der Waals surface area contributed by atoms with Crippen LogP contribution in [0.3, 0.4) is 0 Å². The number of thiophene rings is 1. The summed E-state index contributed by atoms with van der Waals surface area (Å²) in [6.07, 6.45) is 1.75. The Morgan fingerprint density at radius 2 is 2.15 bits per heavy atom. The maximum absolute atomic E-state index is 5.48. The van der Waals surface area contributed by atoms with Gasteiger partial charge in [0.1, 0.15) is 5.76 Å². The van der Waals surface area contributed by atoms with Crippen molar-refractivity contribution in [1.29, 1.82) is 0 Å². The van der Waals surface area contributed by atoms with Gasteiger partial charge in [-0.25, -0.2) is 0 Å². The second-order valence-corrected chi connectivity index (χ2v) is 7.87. The number of nitrogens with zero attached hydrogens (tertiary/aromatic N) is 1. The summed E-state index contributed by atoms with van der Waals surface area (Å²) in [7, 11) is 4.38. The summed E-state index contributed by atoms with van der Waals surface area (Å²) >= 11 is 5.43. The van der Waals surface area contributed by atoms with E-state index in [1.165, 1.54) is 19.1 Å². The molecule has 2 heterocycles. The van der Waals surface area contributed by atoms with E-state index in [1.807, 2.05) is 23.5 Å². The highest BCUT2D eigenvalue weighted by atomic mass is 79.9. The molecule has 0 aliphatic carbocycles. The molecule has 0 bridgehead atoms. The Morgan fingerprint density at radius 3 is 2.70 bits per heavy atom. The SMILES string of the molecule is Cc1cc(CN(CC[NH+](C)C)Cc2ccco2)sc1Br. The lowest BCUT2D eigenvalue weighted by molar-refractivity contribution is -0.857. The van der Waals surface area contributed by atoms with Gasteiger partial charge in [-0.3, -0.25) is 4.90 Å². The standard InChI is InChI=1S/C15H21BrN2OS/c1-12-9-14(20-15(12)16)11-18(7-6-17(2)3)10-13-5-4-8-19-13/h4-5,8-9H,6-7,10-11H2,1-3H3/p+1. The van der Waals surface area contributed by atoms with Crippen molar-refractivity contribution in [2.75, 3.05) is 27.2 Å². The number of likely N-dealkylation sites (N-methyl/N-ethyl adjacent to an activating group) is 1. The predicted molar refractivity (Wildman–Crippen MR) is 87.3 cm³/mol. The quantitative estimate of drug-likeness (QED) is 0.821. The summed E-state index contributed by atoms with van der Waals surface area (Å²) in [5, 5.41) is 0. The van der Waals surface area contributed by atoms with E-state index in [2.05, 4.69) is 47.9 Å². The van der Waals surface area contributed by atoms with Crippen LogP contribution in [0.15, 0.2) is 32.7 Å². The Balaban J connectivity index is 2.01. The van der Waals surface area contributed by atoms with Crippen LogP contribution in [0.2, 0.25) is 0 Å². The highest BCUT2D eigenvalue weighted by Crippen LogP contribution is 2.28. The molecule has 0 atom stereocenters. The van der Waals surface area contributed by atoms with Gasteiger partial charge >= 0.3 is 0 Å². The first-order chi connectivity index (χ1) is 9.54. The number of rotatable bonds is 7. The minimum Gasteiger partial charge on any atom is -0.468 e. The number of hydrogen-bond acceptors (Lipinski definition) is 3. The summed E-state index contributed by atoms with van der Waals surface area (Å²) in [4.78, 5) is 5.32. The Hall–Kier alpha value is -0.620. The van der Waals surface area contributed by atoms with Crippen molar-refractivity contribution in [1.82, 2.24) is 4.90 Å². The van der Waals surface area contributed by atoms with Crippen molar-refractivity contribution in [3.63, 3.8) is 0 Å². The lowest BCUT2D eigenvalue weighted by Crippen LogP contribution is -3.06. The number of quaternary nitrogens is 1. The van der Waals surface area contributed by atoms with Crippen LogP contribution in [-0.4, -0.2) is 32.1 Å². The molecule has 110 valence electrons. The first kappa shape index (κ1) is 15.8. The first-order valence-electron chi connectivity index (χ1n) is 6.83. The molecule has 0 radical (unpaired) electrons. The molecule has 0 spiro atoms. The summed E-state index contributed by atoms with van der Waals surface area (Å²) in [6, 6.07) is 6.27. The summed E-state index contributed by atoms with van der Waals surface area (Å²) in [6.45, 7) is 6.19. The average molecular weight is 358 g/mol. The molecule has 0 fully saturated rings. The van der Waals surface area contributed by atoms with E-state index in [4.69, 9.17) is 4.42 Å². The molecule has 1 N–H and O–H groups in total. The lowest BCUT2D eigenvalue weighted by Gasteiger charge is -2.21. The fourth-order valence-corrected chi connectivity index (χ4v) is 3.71. The van der Waals surface area contributed by atoms with E-state index in [-0.39, 0.29) is 0 Å². The number of nitrogens with one attached hydrogen (secondary N) is 1. The Labute approximate surface area is 133 Å². The smallest absolute Gasteiger partial charge is 0.117 e. The highest BCUT2D eigenvalue weighted by molar-refractivity contribution is 9.11. The maximum Gasteiger partial charge on any atom is 0.117 e. The number of aryl methyl sites for hydroxylation is 1. The monoisotopic (exact) mass is 357 g/mol. The Kier molecular flexibility index (Phi) is 5.84. The first-order valence-corrected chi connectivity index (χ1v) is 8.44. The number of furan rings is 1. The molecule has 0 aliphatic rings. The van der Waals surface area contributed by atoms with Crippen LogP contribution in [0.5, 0.6) is 0 Å². The van der Waals surface area contributed by atoms with Crippen molar-refractivity contribution in [2.45, 2.75) is 20.0 Å². The molecular formula is C15H22BrN2OS+. The minimum atomic E-state index is 0.870. The van der Waals surface area contributed by atoms with Crippen LogP contribution in [0, 0.1) is 6.92 Å². The van der Waals surface area contributed by atoms with E-state index >= 15 is 0 Å².